The summed E-state index contributed by atoms with van der Waals surface area (Å²) in [7, 11) is 1.94. The van der Waals surface area contributed by atoms with Gasteiger partial charge in [0.1, 0.15) is 24.2 Å². The fraction of sp³-hybridized carbons (Fsp3) is 0.256. The van der Waals surface area contributed by atoms with Crippen LogP contribution in [0.3, 0.4) is 0 Å². The highest BCUT2D eigenvalue weighted by Crippen LogP contribution is 2.35. The fourth-order valence-corrected chi connectivity index (χ4v) is 6.52. The van der Waals surface area contributed by atoms with E-state index in [2.05, 4.69) is 72.9 Å². The Bertz CT molecular complexity index is 1810. The van der Waals surface area contributed by atoms with E-state index in [0.717, 1.165) is 23.3 Å². The Kier molecular flexibility index (Phi) is 9.59. The number of halogens is 1. The SMILES string of the molecule is CC/C(=C(\c1ccccc1)c1ccc(OCCN(C)Cc2cc(F)c3c(c2)CN(C2CCC(=O)NC2=O)C3=O)cc1)c1ccccc1. The molecule has 8 heteroatoms. The summed E-state index contributed by atoms with van der Waals surface area (Å²) in [6.45, 7) is 3.83. The van der Waals surface area contributed by atoms with Crippen LogP contribution in [-0.4, -0.2) is 53.8 Å². The lowest BCUT2D eigenvalue weighted by atomic mass is 9.88. The Morgan fingerprint density at radius 1 is 0.915 bits per heavy atom. The summed E-state index contributed by atoms with van der Waals surface area (Å²) in [5.74, 6) is -1.20. The molecule has 1 unspecified atom stereocenters. The average Bonchev–Trinajstić information content (AvgIpc) is 3.40. The van der Waals surface area contributed by atoms with Gasteiger partial charge in [0.05, 0.1) is 5.56 Å². The van der Waals surface area contributed by atoms with Crippen LogP contribution in [0.2, 0.25) is 0 Å². The van der Waals surface area contributed by atoms with E-state index in [4.69, 9.17) is 4.74 Å². The van der Waals surface area contributed by atoms with Gasteiger partial charge in [-0.1, -0.05) is 85.8 Å². The van der Waals surface area contributed by atoms with Gasteiger partial charge in [-0.2, -0.15) is 0 Å². The van der Waals surface area contributed by atoms with E-state index in [0.29, 0.717) is 25.3 Å². The Morgan fingerprint density at radius 2 is 1.57 bits per heavy atom. The van der Waals surface area contributed by atoms with Crippen molar-refractivity contribution in [2.24, 2.45) is 0 Å². The minimum atomic E-state index is -0.775. The summed E-state index contributed by atoms with van der Waals surface area (Å²) in [6, 6.07) is 31.6. The van der Waals surface area contributed by atoms with Crippen LogP contribution in [0.4, 0.5) is 4.39 Å². The molecule has 0 aliphatic carbocycles. The zero-order valence-corrected chi connectivity index (χ0v) is 26.7. The summed E-state index contributed by atoms with van der Waals surface area (Å²) in [5, 5.41) is 2.28. The summed E-state index contributed by atoms with van der Waals surface area (Å²) in [6.07, 6.45) is 1.28. The number of imide groups is 1. The Balaban J connectivity index is 1.09. The lowest BCUT2D eigenvalue weighted by Crippen LogP contribution is -2.52. The van der Waals surface area contributed by atoms with Gasteiger partial charge in [0.2, 0.25) is 11.8 Å². The molecule has 0 spiro atoms. The first-order valence-corrected chi connectivity index (χ1v) is 16.0. The first-order chi connectivity index (χ1) is 22.8. The van der Waals surface area contributed by atoms with Crippen molar-refractivity contribution in [3.8, 4) is 5.75 Å². The molecule has 2 heterocycles. The summed E-state index contributed by atoms with van der Waals surface area (Å²) in [5.41, 5.74) is 7.27. The molecule has 6 rings (SSSR count). The average molecular weight is 632 g/mol. The molecule has 4 aromatic carbocycles. The van der Waals surface area contributed by atoms with Crippen molar-refractivity contribution in [3.63, 3.8) is 0 Å². The maximum atomic E-state index is 15.1. The Morgan fingerprint density at radius 3 is 2.23 bits per heavy atom. The second kappa shape index (κ2) is 14.1. The van der Waals surface area contributed by atoms with Gasteiger partial charge < -0.3 is 9.64 Å². The molecule has 4 aromatic rings. The van der Waals surface area contributed by atoms with E-state index in [1.54, 1.807) is 0 Å². The van der Waals surface area contributed by atoms with E-state index in [9.17, 15) is 14.4 Å². The van der Waals surface area contributed by atoms with Crippen LogP contribution in [0.25, 0.3) is 11.1 Å². The van der Waals surface area contributed by atoms with Crippen molar-refractivity contribution in [3.05, 3.63) is 136 Å². The van der Waals surface area contributed by atoms with Crippen LogP contribution in [0.15, 0.2) is 97.1 Å². The molecule has 0 bridgehead atoms. The fourth-order valence-electron chi connectivity index (χ4n) is 6.52. The normalized spacial score (nSPS) is 16.6. The maximum Gasteiger partial charge on any atom is 0.258 e. The summed E-state index contributed by atoms with van der Waals surface area (Å²) in [4.78, 5) is 40.3. The van der Waals surface area contributed by atoms with Crippen LogP contribution < -0.4 is 10.1 Å². The number of hydrogen-bond donors (Lipinski definition) is 1. The van der Waals surface area contributed by atoms with E-state index in [1.807, 2.05) is 42.3 Å². The Hall–Kier alpha value is -5.08. The molecule has 1 fully saturated rings. The zero-order chi connectivity index (χ0) is 32.9. The molecular weight excluding hydrogens is 593 g/mol. The number of fused-ring (bicyclic) bond motifs is 1. The topological polar surface area (TPSA) is 79.0 Å². The van der Waals surface area contributed by atoms with E-state index in [1.165, 1.54) is 33.2 Å². The van der Waals surface area contributed by atoms with Crippen LogP contribution in [0.1, 0.15) is 64.4 Å². The third kappa shape index (κ3) is 7.03. The lowest BCUT2D eigenvalue weighted by Gasteiger charge is -2.29. The number of benzene rings is 4. The lowest BCUT2D eigenvalue weighted by molar-refractivity contribution is -0.136. The third-order valence-electron chi connectivity index (χ3n) is 8.81. The van der Waals surface area contributed by atoms with Crippen molar-refractivity contribution in [2.75, 3.05) is 20.2 Å². The molecule has 7 nitrogen and oxygen atoms in total. The number of hydrogen-bond acceptors (Lipinski definition) is 5. The minimum absolute atomic E-state index is 0.00739. The molecule has 2 aliphatic heterocycles. The molecule has 3 amide bonds. The zero-order valence-electron chi connectivity index (χ0n) is 26.7. The van der Waals surface area contributed by atoms with Gasteiger partial charge in [-0.3, -0.25) is 24.6 Å². The second-order valence-electron chi connectivity index (χ2n) is 12.1. The number of ether oxygens (including phenoxy) is 1. The Labute approximate surface area is 274 Å². The number of piperidine rings is 1. The molecule has 1 saturated heterocycles. The molecule has 47 heavy (non-hydrogen) atoms. The minimum Gasteiger partial charge on any atom is -0.492 e. The molecule has 2 aliphatic rings. The van der Waals surface area contributed by atoms with Crippen molar-refractivity contribution in [2.45, 2.75) is 45.3 Å². The van der Waals surface area contributed by atoms with E-state index >= 15 is 4.39 Å². The molecule has 240 valence electrons. The van der Waals surface area contributed by atoms with Gasteiger partial charge >= 0.3 is 0 Å². The highest BCUT2D eigenvalue weighted by atomic mass is 19.1. The number of rotatable bonds is 11. The third-order valence-corrected chi connectivity index (χ3v) is 8.81. The predicted octanol–water partition coefficient (Wildman–Crippen LogP) is 6.47. The molecule has 1 N–H and O–H groups in total. The standard InChI is InChI=1S/C39H38FN3O4/c1-3-32(27-10-6-4-7-11-27)36(28-12-8-5-9-13-28)29-14-16-31(17-15-29)47-21-20-42(2)24-26-22-30-25-43(39(46)37(30)33(40)23-26)34-18-19-35(44)41-38(34)45/h4-17,22-23,34H,3,18-21,24-25H2,1-2H3,(H,41,44,45)/b36-32-. The summed E-state index contributed by atoms with van der Waals surface area (Å²) < 4.78 is 21.2. The monoisotopic (exact) mass is 631 g/mol. The van der Waals surface area contributed by atoms with Crippen molar-refractivity contribution >= 4 is 28.9 Å². The highest BCUT2D eigenvalue weighted by Gasteiger charge is 2.40. The van der Waals surface area contributed by atoms with Gasteiger partial charge in [-0.25, -0.2) is 4.39 Å². The van der Waals surface area contributed by atoms with Crippen molar-refractivity contribution < 1.29 is 23.5 Å². The number of allylic oxidation sites excluding steroid dienone is 1. The maximum absolute atomic E-state index is 15.1. The number of nitrogens with zero attached hydrogens (tertiary/aromatic N) is 2. The van der Waals surface area contributed by atoms with Gasteiger partial charge in [-0.05, 0) is 77.1 Å². The molecule has 0 radical (unpaired) electrons. The largest absolute Gasteiger partial charge is 0.492 e. The number of carbonyl (C=O) groups is 3. The molecule has 0 aromatic heterocycles. The highest BCUT2D eigenvalue weighted by molar-refractivity contribution is 6.05. The van der Waals surface area contributed by atoms with Crippen LogP contribution >= 0.6 is 0 Å². The van der Waals surface area contributed by atoms with Crippen LogP contribution in [-0.2, 0) is 22.7 Å². The summed E-state index contributed by atoms with van der Waals surface area (Å²) >= 11 is 0. The number of amides is 3. The van der Waals surface area contributed by atoms with E-state index < -0.39 is 23.7 Å². The van der Waals surface area contributed by atoms with E-state index in [-0.39, 0.29) is 30.9 Å². The predicted molar refractivity (Wildman–Crippen MR) is 180 cm³/mol. The van der Waals surface area contributed by atoms with Crippen LogP contribution in [0.5, 0.6) is 5.75 Å². The van der Waals surface area contributed by atoms with Crippen LogP contribution in [0, 0.1) is 5.82 Å². The van der Waals surface area contributed by atoms with Gasteiger partial charge in [0.25, 0.3) is 5.91 Å². The first-order valence-electron chi connectivity index (χ1n) is 16.0. The smallest absolute Gasteiger partial charge is 0.258 e. The van der Waals surface area contributed by atoms with Gasteiger partial charge in [-0.15, -0.1) is 0 Å². The molecular formula is C39H38FN3O4. The number of likely N-dealkylation sites (N-methyl/N-ethyl adjacent to an activating group) is 1. The second-order valence-corrected chi connectivity index (χ2v) is 12.1. The number of carbonyl (C=O) groups excluding carboxylic acids is 3. The van der Waals surface area contributed by atoms with Gasteiger partial charge in [0.15, 0.2) is 0 Å². The first kappa shape index (κ1) is 31.9. The quantitative estimate of drug-likeness (QED) is 0.152. The van der Waals surface area contributed by atoms with Crippen molar-refractivity contribution in [1.82, 2.24) is 15.1 Å². The van der Waals surface area contributed by atoms with Gasteiger partial charge in [0, 0.05) is 26.1 Å². The molecule has 1 atom stereocenters. The van der Waals surface area contributed by atoms with Crippen molar-refractivity contribution in [1.29, 1.82) is 0 Å². The number of nitrogens with one attached hydrogen (secondary N) is 1. The molecule has 0 saturated carbocycles.